The quantitative estimate of drug-likeness (QED) is 0.439. The van der Waals surface area contributed by atoms with Crippen LogP contribution >= 0.6 is 0 Å². The van der Waals surface area contributed by atoms with E-state index < -0.39 is 10.0 Å². The Morgan fingerprint density at radius 3 is 2.60 bits per heavy atom. The molecule has 0 atom stereocenters. The van der Waals surface area contributed by atoms with Gasteiger partial charge in [0.05, 0.1) is 5.75 Å². The van der Waals surface area contributed by atoms with E-state index in [0.717, 1.165) is 31.9 Å². The highest BCUT2D eigenvalue weighted by Gasteiger charge is 2.15. The molecule has 0 aliphatic carbocycles. The Kier molecular flexibility index (Phi) is 7.46. The summed E-state index contributed by atoms with van der Waals surface area (Å²) in [5.41, 5.74) is 2.66. The van der Waals surface area contributed by atoms with Crippen molar-refractivity contribution in [3.05, 3.63) is 42.0 Å². The third-order valence-corrected chi connectivity index (χ3v) is 5.61. The number of guanidine groups is 1. The van der Waals surface area contributed by atoms with Gasteiger partial charge in [-0.3, -0.25) is 4.99 Å². The third-order valence-electron chi connectivity index (χ3n) is 4.20. The molecule has 0 amide bonds. The van der Waals surface area contributed by atoms with Gasteiger partial charge < -0.3 is 10.2 Å². The average Bonchev–Trinajstić information content (AvgIpc) is 2.65. The van der Waals surface area contributed by atoms with Crippen molar-refractivity contribution in [1.29, 1.82) is 0 Å². The smallest absolute Gasteiger partial charge is 0.211 e. The van der Waals surface area contributed by atoms with Crippen molar-refractivity contribution >= 4 is 21.6 Å². The first-order valence-corrected chi connectivity index (χ1v) is 10.4. The summed E-state index contributed by atoms with van der Waals surface area (Å²) in [7, 11) is -1.33. The standard InChI is InChI=1S/C18H28N4O2S/c1-3-25(23,24)21-13-7-12-20-18(19-2)22-14-10-17(11-15-22)16-8-5-4-6-9-16/h4-6,8-10,21H,3,7,11-15H2,1-2H3,(H,19,20). The summed E-state index contributed by atoms with van der Waals surface area (Å²) < 4.78 is 25.3. The van der Waals surface area contributed by atoms with Gasteiger partial charge in [0, 0.05) is 33.2 Å². The first-order chi connectivity index (χ1) is 12.1. The van der Waals surface area contributed by atoms with Crippen LogP contribution in [0.2, 0.25) is 0 Å². The summed E-state index contributed by atoms with van der Waals surface area (Å²) in [5.74, 6) is 0.980. The minimum absolute atomic E-state index is 0.117. The first kappa shape index (κ1) is 19.5. The van der Waals surface area contributed by atoms with Gasteiger partial charge in [0.1, 0.15) is 0 Å². The van der Waals surface area contributed by atoms with Gasteiger partial charge in [-0.2, -0.15) is 0 Å². The van der Waals surface area contributed by atoms with Crippen molar-refractivity contribution in [3.63, 3.8) is 0 Å². The molecule has 1 heterocycles. The molecule has 138 valence electrons. The second-order valence-electron chi connectivity index (χ2n) is 5.92. The second-order valence-corrected chi connectivity index (χ2v) is 8.01. The monoisotopic (exact) mass is 364 g/mol. The molecule has 1 aromatic carbocycles. The molecule has 1 aromatic rings. The van der Waals surface area contributed by atoms with Crippen LogP contribution in [0.15, 0.2) is 41.4 Å². The number of hydrogen-bond acceptors (Lipinski definition) is 3. The van der Waals surface area contributed by atoms with Crippen molar-refractivity contribution in [2.45, 2.75) is 19.8 Å². The number of nitrogens with one attached hydrogen (secondary N) is 2. The Hall–Kier alpha value is -1.86. The molecule has 0 bridgehead atoms. The van der Waals surface area contributed by atoms with E-state index in [0.29, 0.717) is 13.1 Å². The molecule has 0 radical (unpaired) electrons. The summed E-state index contributed by atoms with van der Waals surface area (Å²) in [4.78, 5) is 6.55. The number of hydrogen-bond donors (Lipinski definition) is 2. The fourth-order valence-electron chi connectivity index (χ4n) is 2.73. The van der Waals surface area contributed by atoms with Crippen LogP contribution in [0.5, 0.6) is 0 Å². The number of benzene rings is 1. The minimum Gasteiger partial charge on any atom is -0.356 e. The Balaban J connectivity index is 1.78. The van der Waals surface area contributed by atoms with Crippen molar-refractivity contribution in [2.24, 2.45) is 4.99 Å². The third kappa shape index (κ3) is 6.17. The molecule has 25 heavy (non-hydrogen) atoms. The van der Waals surface area contributed by atoms with E-state index in [4.69, 9.17) is 0 Å². The normalized spacial score (nSPS) is 15.8. The van der Waals surface area contributed by atoms with Gasteiger partial charge in [-0.05, 0) is 30.9 Å². The lowest BCUT2D eigenvalue weighted by Crippen LogP contribution is -2.44. The number of rotatable bonds is 7. The number of aliphatic imine (C=N–C) groups is 1. The highest BCUT2D eigenvalue weighted by atomic mass is 32.2. The SMILES string of the molecule is CCS(=O)(=O)NCCCNC(=NC)N1CC=C(c2ccccc2)CC1. The Bertz CT molecular complexity index is 699. The molecular weight excluding hydrogens is 336 g/mol. The molecule has 6 nitrogen and oxygen atoms in total. The molecule has 2 N–H and O–H groups in total. The van der Waals surface area contributed by atoms with Gasteiger partial charge in [0.15, 0.2) is 5.96 Å². The lowest BCUT2D eigenvalue weighted by atomic mass is 10.00. The minimum atomic E-state index is -3.10. The predicted molar refractivity (Wildman–Crippen MR) is 104 cm³/mol. The fraction of sp³-hybridized carbons (Fsp3) is 0.500. The molecule has 7 heteroatoms. The summed E-state index contributed by atoms with van der Waals surface area (Å²) in [6.07, 6.45) is 3.96. The summed E-state index contributed by atoms with van der Waals surface area (Å²) in [5, 5.41) is 3.31. The lowest BCUT2D eigenvalue weighted by molar-refractivity contribution is 0.439. The van der Waals surface area contributed by atoms with Gasteiger partial charge in [0.2, 0.25) is 10.0 Å². The van der Waals surface area contributed by atoms with Crippen LogP contribution in [0.3, 0.4) is 0 Å². The molecule has 0 unspecified atom stereocenters. The van der Waals surface area contributed by atoms with Crippen molar-refractivity contribution in [2.75, 3.05) is 39.0 Å². The van der Waals surface area contributed by atoms with E-state index in [2.05, 4.69) is 50.3 Å². The van der Waals surface area contributed by atoms with E-state index in [9.17, 15) is 8.42 Å². The fourth-order valence-corrected chi connectivity index (χ4v) is 3.39. The predicted octanol–water partition coefficient (Wildman–Crippen LogP) is 1.68. The lowest BCUT2D eigenvalue weighted by Gasteiger charge is -2.29. The van der Waals surface area contributed by atoms with E-state index >= 15 is 0 Å². The summed E-state index contributed by atoms with van der Waals surface area (Å²) in [6, 6.07) is 10.5. The molecular formula is C18H28N4O2S. The zero-order valence-electron chi connectivity index (χ0n) is 15.0. The number of sulfonamides is 1. The first-order valence-electron chi connectivity index (χ1n) is 8.73. The Morgan fingerprint density at radius 1 is 1.24 bits per heavy atom. The van der Waals surface area contributed by atoms with Gasteiger partial charge in [-0.15, -0.1) is 0 Å². The van der Waals surface area contributed by atoms with Gasteiger partial charge in [0.25, 0.3) is 0 Å². The molecule has 0 aromatic heterocycles. The van der Waals surface area contributed by atoms with Crippen LogP contribution in [0.4, 0.5) is 0 Å². The molecule has 0 saturated heterocycles. The van der Waals surface area contributed by atoms with Gasteiger partial charge >= 0.3 is 0 Å². The largest absolute Gasteiger partial charge is 0.356 e. The van der Waals surface area contributed by atoms with Gasteiger partial charge in [-0.1, -0.05) is 36.4 Å². The molecule has 0 spiro atoms. The molecule has 0 saturated carbocycles. The highest BCUT2D eigenvalue weighted by Crippen LogP contribution is 2.21. The maximum absolute atomic E-state index is 11.4. The van der Waals surface area contributed by atoms with E-state index in [1.54, 1.807) is 14.0 Å². The Morgan fingerprint density at radius 2 is 2.00 bits per heavy atom. The summed E-state index contributed by atoms with van der Waals surface area (Å²) in [6.45, 7) is 4.51. The van der Waals surface area contributed by atoms with Crippen LogP contribution in [0, 0.1) is 0 Å². The van der Waals surface area contributed by atoms with Crippen molar-refractivity contribution in [3.8, 4) is 0 Å². The van der Waals surface area contributed by atoms with Crippen molar-refractivity contribution < 1.29 is 8.42 Å². The second kappa shape index (κ2) is 9.58. The van der Waals surface area contributed by atoms with E-state index in [-0.39, 0.29) is 5.75 Å². The van der Waals surface area contributed by atoms with E-state index in [1.165, 1.54) is 11.1 Å². The molecule has 1 aliphatic heterocycles. The van der Waals surface area contributed by atoms with Crippen molar-refractivity contribution in [1.82, 2.24) is 14.9 Å². The zero-order chi connectivity index (χ0) is 18.1. The molecule has 1 aliphatic rings. The molecule has 0 fully saturated rings. The number of nitrogens with zero attached hydrogens (tertiary/aromatic N) is 2. The van der Waals surface area contributed by atoms with Crippen LogP contribution < -0.4 is 10.0 Å². The maximum atomic E-state index is 11.4. The Labute approximate surface area is 151 Å². The van der Waals surface area contributed by atoms with Crippen LogP contribution in [-0.4, -0.2) is 58.3 Å². The van der Waals surface area contributed by atoms with E-state index in [1.807, 2.05) is 6.07 Å². The average molecular weight is 365 g/mol. The highest BCUT2D eigenvalue weighted by molar-refractivity contribution is 7.89. The van der Waals surface area contributed by atoms with Gasteiger partial charge in [-0.25, -0.2) is 13.1 Å². The molecule has 2 rings (SSSR count). The van der Waals surface area contributed by atoms with Crippen LogP contribution in [-0.2, 0) is 10.0 Å². The van der Waals surface area contributed by atoms with Crippen LogP contribution in [0.1, 0.15) is 25.3 Å². The van der Waals surface area contributed by atoms with Crippen LogP contribution in [0.25, 0.3) is 5.57 Å². The zero-order valence-corrected chi connectivity index (χ0v) is 15.8. The summed E-state index contributed by atoms with van der Waals surface area (Å²) >= 11 is 0. The maximum Gasteiger partial charge on any atom is 0.211 e. The topological polar surface area (TPSA) is 73.8 Å².